The molecule has 4 rings (SSSR count). The van der Waals surface area contributed by atoms with Gasteiger partial charge in [0.15, 0.2) is 5.76 Å². The summed E-state index contributed by atoms with van der Waals surface area (Å²) in [5, 5.41) is 2.71. The fraction of sp³-hybridized carbons (Fsp3) is 0.111. The van der Waals surface area contributed by atoms with Gasteiger partial charge in [-0.15, -0.1) is 11.3 Å². The summed E-state index contributed by atoms with van der Waals surface area (Å²) in [6.45, 7) is 0.483. The maximum atomic E-state index is 12.5. The van der Waals surface area contributed by atoms with Crippen molar-refractivity contribution in [1.82, 2.24) is 4.90 Å². The predicted molar refractivity (Wildman–Crippen MR) is 92.4 cm³/mol. The van der Waals surface area contributed by atoms with Crippen LogP contribution in [-0.2, 0) is 6.54 Å². The van der Waals surface area contributed by atoms with E-state index in [1.54, 1.807) is 47.5 Å². The summed E-state index contributed by atoms with van der Waals surface area (Å²) in [7, 11) is 1.70. The number of furan rings is 1. The molecular weight excluding hydrogens is 326 g/mol. The molecule has 1 amide bonds. The zero-order valence-electron chi connectivity index (χ0n) is 12.8. The van der Waals surface area contributed by atoms with Crippen molar-refractivity contribution >= 4 is 39.4 Å². The van der Waals surface area contributed by atoms with Crippen molar-refractivity contribution in [3.05, 3.63) is 68.7 Å². The van der Waals surface area contributed by atoms with Gasteiger partial charge >= 0.3 is 5.78 Å². The number of carbonyl (C=O) groups excluding carboxylic acids is 1. The van der Waals surface area contributed by atoms with Gasteiger partial charge in [-0.3, -0.25) is 9.59 Å². The molecule has 0 unspecified atom stereocenters. The number of thiophene rings is 1. The van der Waals surface area contributed by atoms with Crippen LogP contribution in [0.15, 0.2) is 61.5 Å². The molecule has 0 radical (unpaired) electrons. The molecule has 0 fully saturated rings. The van der Waals surface area contributed by atoms with Gasteiger partial charge in [-0.1, -0.05) is 18.2 Å². The van der Waals surface area contributed by atoms with Crippen LogP contribution in [0, 0.1) is 0 Å². The Balaban J connectivity index is 1.74. The summed E-state index contributed by atoms with van der Waals surface area (Å²) >= 11 is 1.58. The van der Waals surface area contributed by atoms with Gasteiger partial charge < -0.3 is 13.7 Å². The van der Waals surface area contributed by atoms with Gasteiger partial charge in [0, 0.05) is 18.0 Å². The first-order chi connectivity index (χ1) is 11.6. The molecule has 0 bridgehead atoms. The minimum absolute atomic E-state index is 0.0755. The van der Waals surface area contributed by atoms with E-state index in [1.807, 2.05) is 17.5 Å². The summed E-state index contributed by atoms with van der Waals surface area (Å²) in [6.07, 6.45) is 0. The van der Waals surface area contributed by atoms with Crippen LogP contribution in [0.4, 0.5) is 0 Å². The summed E-state index contributed by atoms with van der Waals surface area (Å²) < 4.78 is 11.1. The van der Waals surface area contributed by atoms with E-state index in [1.165, 1.54) is 6.07 Å². The molecule has 3 heterocycles. The SMILES string of the molecule is CN(Cc1cccs1)C(=O)c1cc2c(=O)c3ccccc3oc2o1. The van der Waals surface area contributed by atoms with Crippen LogP contribution >= 0.6 is 11.3 Å². The average molecular weight is 339 g/mol. The third kappa shape index (κ3) is 2.41. The van der Waals surface area contributed by atoms with Crippen LogP contribution in [0.5, 0.6) is 0 Å². The molecule has 4 aromatic rings. The van der Waals surface area contributed by atoms with Crippen molar-refractivity contribution in [3.8, 4) is 0 Å². The number of rotatable bonds is 3. The Labute approximate surface area is 140 Å². The zero-order chi connectivity index (χ0) is 16.7. The Bertz CT molecular complexity index is 1090. The van der Waals surface area contributed by atoms with Crippen LogP contribution in [0.2, 0.25) is 0 Å². The highest BCUT2D eigenvalue weighted by Gasteiger charge is 2.20. The quantitative estimate of drug-likeness (QED) is 0.568. The predicted octanol–water partition coefficient (Wildman–Crippen LogP) is 3.87. The lowest BCUT2D eigenvalue weighted by atomic mass is 10.2. The molecule has 6 heteroatoms. The first kappa shape index (κ1) is 14.7. The minimum atomic E-state index is -0.293. The van der Waals surface area contributed by atoms with E-state index in [2.05, 4.69) is 0 Å². The number of fused-ring (bicyclic) bond motifs is 2. The Kier molecular flexibility index (Phi) is 3.46. The molecule has 24 heavy (non-hydrogen) atoms. The Morgan fingerprint density at radius 3 is 2.75 bits per heavy atom. The van der Waals surface area contributed by atoms with Crippen LogP contribution in [0.25, 0.3) is 22.1 Å². The third-order valence-electron chi connectivity index (χ3n) is 3.81. The number of para-hydroxylation sites is 1. The van der Waals surface area contributed by atoms with E-state index in [-0.39, 0.29) is 28.3 Å². The third-order valence-corrected chi connectivity index (χ3v) is 4.67. The lowest BCUT2D eigenvalue weighted by molar-refractivity contribution is 0.0755. The second-order valence-corrected chi connectivity index (χ2v) is 6.51. The van der Waals surface area contributed by atoms with Crippen molar-refractivity contribution in [3.63, 3.8) is 0 Å². The van der Waals surface area contributed by atoms with Gasteiger partial charge in [-0.05, 0) is 23.6 Å². The first-order valence-corrected chi connectivity index (χ1v) is 8.24. The monoisotopic (exact) mass is 339 g/mol. The first-order valence-electron chi connectivity index (χ1n) is 7.37. The van der Waals surface area contributed by atoms with Crippen molar-refractivity contribution < 1.29 is 13.6 Å². The minimum Gasteiger partial charge on any atom is -0.425 e. The number of nitrogens with zero attached hydrogens (tertiary/aromatic N) is 1. The van der Waals surface area contributed by atoms with Gasteiger partial charge in [-0.2, -0.15) is 0 Å². The highest BCUT2D eigenvalue weighted by atomic mass is 32.1. The molecule has 0 saturated heterocycles. The smallest absolute Gasteiger partial charge is 0.302 e. The molecular formula is C18H13NO4S. The zero-order valence-corrected chi connectivity index (χ0v) is 13.6. The normalized spacial score (nSPS) is 11.2. The van der Waals surface area contributed by atoms with E-state index in [0.717, 1.165) is 4.88 Å². The van der Waals surface area contributed by atoms with E-state index in [4.69, 9.17) is 8.83 Å². The molecule has 0 aliphatic rings. The van der Waals surface area contributed by atoms with Gasteiger partial charge in [-0.25, -0.2) is 0 Å². The lowest BCUT2D eigenvalue weighted by Crippen LogP contribution is -2.25. The molecule has 0 saturated carbocycles. The summed E-state index contributed by atoms with van der Waals surface area (Å²) in [5.74, 6) is -0.120. The second kappa shape index (κ2) is 5.65. The molecule has 120 valence electrons. The van der Waals surface area contributed by atoms with E-state index in [0.29, 0.717) is 17.5 Å². The Hall–Kier alpha value is -2.86. The van der Waals surface area contributed by atoms with E-state index in [9.17, 15) is 9.59 Å². The van der Waals surface area contributed by atoms with Crippen LogP contribution in [0.3, 0.4) is 0 Å². The molecule has 0 aliphatic carbocycles. The molecule has 0 atom stereocenters. The Morgan fingerprint density at radius 2 is 1.96 bits per heavy atom. The van der Waals surface area contributed by atoms with Crippen molar-refractivity contribution in [2.75, 3.05) is 7.05 Å². The lowest BCUT2D eigenvalue weighted by Gasteiger charge is -2.14. The molecule has 0 spiro atoms. The highest BCUT2D eigenvalue weighted by Crippen LogP contribution is 2.23. The van der Waals surface area contributed by atoms with Gasteiger partial charge in [0.2, 0.25) is 5.43 Å². The topological polar surface area (TPSA) is 63.7 Å². The standard InChI is InChI=1S/C18H13NO4S/c1-19(10-11-5-4-8-24-11)17(21)15-9-13-16(20)12-6-2-3-7-14(12)22-18(13)23-15/h2-9H,10H2,1H3. The maximum Gasteiger partial charge on any atom is 0.302 e. The number of hydrogen-bond donors (Lipinski definition) is 0. The molecule has 0 aliphatic heterocycles. The highest BCUT2D eigenvalue weighted by molar-refractivity contribution is 7.09. The number of amides is 1. The molecule has 0 N–H and O–H groups in total. The Morgan fingerprint density at radius 1 is 1.12 bits per heavy atom. The van der Waals surface area contributed by atoms with E-state index >= 15 is 0 Å². The van der Waals surface area contributed by atoms with E-state index < -0.39 is 0 Å². The molecule has 3 aromatic heterocycles. The molecule has 1 aromatic carbocycles. The number of benzene rings is 1. The van der Waals surface area contributed by atoms with Gasteiger partial charge in [0.1, 0.15) is 11.0 Å². The summed E-state index contributed by atoms with van der Waals surface area (Å²) in [4.78, 5) is 27.7. The summed E-state index contributed by atoms with van der Waals surface area (Å²) in [6, 6.07) is 12.3. The van der Waals surface area contributed by atoms with Crippen LogP contribution in [0.1, 0.15) is 15.4 Å². The largest absolute Gasteiger partial charge is 0.425 e. The van der Waals surface area contributed by atoms with Gasteiger partial charge in [0.05, 0.1) is 11.9 Å². The fourth-order valence-corrected chi connectivity index (χ4v) is 3.36. The molecule has 5 nitrogen and oxygen atoms in total. The second-order valence-electron chi connectivity index (χ2n) is 5.48. The van der Waals surface area contributed by atoms with Crippen LogP contribution in [-0.4, -0.2) is 17.9 Å². The average Bonchev–Trinajstić information content (AvgIpc) is 3.24. The fourth-order valence-electron chi connectivity index (χ4n) is 2.60. The van der Waals surface area contributed by atoms with Gasteiger partial charge in [0.25, 0.3) is 5.91 Å². The number of hydrogen-bond acceptors (Lipinski definition) is 5. The van der Waals surface area contributed by atoms with Crippen molar-refractivity contribution in [1.29, 1.82) is 0 Å². The number of carbonyl (C=O) groups is 1. The maximum absolute atomic E-state index is 12.5. The van der Waals surface area contributed by atoms with Crippen molar-refractivity contribution in [2.45, 2.75) is 6.54 Å². The summed E-state index contributed by atoms with van der Waals surface area (Å²) in [5.41, 5.74) is 0.242. The van der Waals surface area contributed by atoms with Crippen LogP contribution < -0.4 is 5.43 Å². The van der Waals surface area contributed by atoms with Crippen molar-refractivity contribution in [2.24, 2.45) is 0 Å².